The Morgan fingerprint density at radius 1 is 0.860 bits per heavy atom. The second-order valence-electron chi connectivity index (χ2n) is 15.8. The van der Waals surface area contributed by atoms with Crippen molar-refractivity contribution in [2.45, 2.75) is 108 Å². The number of nitrogens with zero attached hydrogens (tertiary/aromatic N) is 3. The van der Waals surface area contributed by atoms with Crippen LogP contribution in [0, 0.1) is 0 Å². The van der Waals surface area contributed by atoms with Gasteiger partial charge in [0.2, 0.25) is 5.91 Å². The molecule has 0 saturated heterocycles. The molecule has 3 amide bonds. The van der Waals surface area contributed by atoms with E-state index in [1.165, 1.54) is 0 Å². The number of oxazole rings is 1. The molecule has 3 aliphatic rings. The molecule has 5 atom stereocenters. The third-order valence-corrected chi connectivity index (χ3v) is 11.0. The number of benzene rings is 2. The van der Waals surface area contributed by atoms with Gasteiger partial charge in [-0.3, -0.25) is 20.0 Å². The Bertz CT molecular complexity index is 2340. The number of fused-ring (bicyclic) bond motifs is 2. The predicted molar refractivity (Wildman–Crippen MR) is 212 cm³/mol. The van der Waals surface area contributed by atoms with Gasteiger partial charge in [0.25, 0.3) is 0 Å². The summed E-state index contributed by atoms with van der Waals surface area (Å²) in [7, 11) is 1.79. The Hall–Kier alpha value is -6.26. The minimum absolute atomic E-state index is 0.00572. The zero-order chi connectivity index (χ0) is 39.8. The van der Waals surface area contributed by atoms with E-state index in [0.717, 1.165) is 59.6 Å². The fourth-order valence-corrected chi connectivity index (χ4v) is 8.23. The number of H-pyrrole nitrogens is 3. The summed E-state index contributed by atoms with van der Waals surface area (Å²) >= 11 is 0. The first-order chi connectivity index (χ1) is 27.4. The zero-order valence-electron chi connectivity index (χ0n) is 32.4. The van der Waals surface area contributed by atoms with Crippen LogP contribution < -0.4 is 31.9 Å². The molecule has 4 heterocycles. The van der Waals surface area contributed by atoms with Gasteiger partial charge in [-0.25, -0.2) is 14.4 Å². The van der Waals surface area contributed by atoms with Gasteiger partial charge >= 0.3 is 17.9 Å². The summed E-state index contributed by atoms with van der Waals surface area (Å²) in [4.78, 5) is 53.7. The van der Waals surface area contributed by atoms with E-state index in [4.69, 9.17) is 13.9 Å². The summed E-state index contributed by atoms with van der Waals surface area (Å²) in [6.45, 7) is 5.68. The third kappa shape index (κ3) is 8.61. The number of hydrogen-bond donors (Lipinski definition) is 7. The average Bonchev–Trinajstić information content (AvgIpc) is 4.00. The van der Waals surface area contributed by atoms with Crippen LogP contribution in [0.4, 0.5) is 38.3 Å². The van der Waals surface area contributed by atoms with Gasteiger partial charge in [-0.2, -0.15) is 10.2 Å². The summed E-state index contributed by atoms with van der Waals surface area (Å²) in [5.74, 6) is 1.10. The summed E-state index contributed by atoms with van der Waals surface area (Å²) in [5, 5.41) is 27.7. The fourth-order valence-electron chi connectivity index (χ4n) is 8.23. The van der Waals surface area contributed by atoms with E-state index in [9.17, 15) is 19.2 Å². The van der Waals surface area contributed by atoms with Crippen molar-refractivity contribution in [2.24, 2.45) is 0 Å². The zero-order valence-corrected chi connectivity index (χ0v) is 32.4. The molecule has 0 bridgehead atoms. The largest absolute Gasteiger partial charge is 0.446 e. The van der Waals surface area contributed by atoms with Gasteiger partial charge in [0.05, 0.1) is 11.9 Å². The van der Waals surface area contributed by atoms with Gasteiger partial charge in [0.15, 0.2) is 17.2 Å². The summed E-state index contributed by atoms with van der Waals surface area (Å²) < 4.78 is 16.8. The number of amides is 3. The molecule has 8 rings (SSSR count). The molecule has 1 aliphatic heterocycles. The van der Waals surface area contributed by atoms with Gasteiger partial charge in [0, 0.05) is 77.6 Å². The van der Waals surface area contributed by atoms with E-state index >= 15 is 0 Å². The number of rotatable bonds is 12. The van der Waals surface area contributed by atoms with E-state index in [1.54, 1.807) is 18.0 Å². The quantitative estimate of drug-likeness (QED) is 0.0740. The van der Waals surface area contributed by atoms with Gasteiger partial charge < -0.3 is 40.1 Å². The average molecular weight is 781 g/mol. The van der Waals surface area contributed by atoms with Crippen LogP contribution in [0.1, 0.15) is 93.6 Å². The van der Waals surface area contributed by atoms with Crippen LogP contribution in [0.2, 0.25) is 0 Å². The standard InChI is InChI=1S/C40H48N10O7/c1-20(2)41-38(52)55-27-8-5-23(13-27)31-19-36(49-47-31)44-29-17-34-32(45-40(54)57-34)15-24(29)11-21(3)42-39(53)56-28-9-6-22(14-28)30-18-35(48-46-30)43-26-7-10-33-25(12-26)16-37(51)50(33)4/h7,10,12,15,17-23,27-28H,5-6,8-9,11,13-14,16H2,1-4H3,(H,41,52)(H,42,53)(H,45,54)(H2,43,46,48)(H2,44,47,49)/t21?,22-,23-,27+,28+/m0/s1. The first-order valence-electron chi connectivity index (χ1n) is 19.6. The van der Waals surface area contributed by atoms with Crippen molar-refractivity contribution in [1.82, 2.24) is 36.0 Å². The topological polar surface area (TPSA) is 224 Å². The van der Waals surface area contributed by atoms with Crippen LogP contribution in [0.15, 0.2) is 51.7 Å². The maximum absolute atomic E-state index is 13.1. The Morgan fingerprint density at radius 2 is 1.51 bits per heavy atom. The molecule has 2 aromatic carbocycles. The number of nitrogens with one attached hydrogen (secondary N) is 7. The first-order valence-corrected chi connectivity index (χ1v) is 19.6. The van der Waals surface area contributed by atoms with Crippen molar-refractivity contribution in [1.29, 1.82) is 0 Å². The number of alkyl carbamates (subject to hydrolysis) is 2. The van der Waals surface area contributed by atoms with Crippen LogP contribution >= 0.6 is 0 Å². The molecule has 0 radical (unpaired) electrons. The van der Waals surface area contributed by atoms with Crippen LogP contribution in [-0.2, 0) is 27.1 Å². The molecule has 300 valence electrons. The number of likely N-dealkylation sites (N-methyl/N-ethyl adjacent to an activating group) is 1. The molecule has 0 spiro atoms. The van der Waals surface area contributed by atoms with Crippen molar-refractivity contribution in [3.05, 3.63) is 75.5 Å². The minimum Gasteiger partial charge on any atom is -0.446 e. The molecule has 17 heteroatoms. The van der Waals surface area contributed by atoms with Gasteiger partial charge in [-0.05, 0) is 101 Å². The maximum Gasteiger partial charge on any atom is 0.417 e. The molecular weight excluding hydrogens is 733 g/mol. The van der Waals surface area contributed by atoms with Crippen LogP contribution in [0.5, 0.6) is 0 Å². The highest BCUT2D eigenvalue weighted by atomic mass is 16.6. The fraction of sp³-hybridized carbons (Fsp3) is 0.450. The van der Waals surface area contributed by atoms with Crippen LogP contribution in [0.3, 0.4) is 0 Å². The van der Waals surface area contributed by atoms with Crippen molar-refractivity contribution in [3.63, 3.8) is 0 Å². The van der Waals surface area contributed by atoms with Crippen LogP contribution in [0.25, 0.3) is 11.1 Å². The lowest BCUT2D eigenvalue weighted by Crippen LogP contribution is -2.36. The molecular formula is C40H48N10O7. The molecule has 5 aromatic rings. The van der Waals surface area contributed by atoms with Crippen molar-refractivity contribution < 1.29 is 28.3 Å². The highest BCUT2D eigenvalue weighted by Gasteiger charge is 2.32. The van der Waals surface area contributed by atoms with E-state index in [1.807, 2.05) is 57.2 Å². The summed E-state index contributed by atoms with van der Waals surface area (Å²) in [6, 6.07) is 13.0. The molecule has 2 aliphatic carbocycles. The lowest BCUT2D eigenvalue weighted by molar-refractivity contribution is -0.117. The molecule has 57 heavy (non-hydrogen) atoms. The number of carbonyl (C=O) groups is 3. The van der Waals surface area contributed by atoms with Gasteiger partial charge in [0.1, 0.15) is 12.2 Å². The monoisotopic (exact) mass is 780 g/mol. The smallest absolute Gasteiger partial charge is 0.417 e. The number of aromatic nitrogens is 5. The second kappa shape index (κ2) is 15.7. The first kappa shape index (κ1) is 37.7. The van der Waals surface area contributed by atoms with E-state index in [0.29, 0.717) is 54.1 Å². The predicted octanol–water partition coefficient (Wildman–Crippen LogP) is 6.34. The Balaban J connectivity index is 0.847. The minimum atomic E-state index is -0.562. The highest BCUT2D eigenvalue weighted by molar-refractivity contribution is 6.01. The number of ether oxygens (including phenoxy) is 2. The van der Waals surface area contributed by atoms with Crippen molar-refractivity contribution in [2.75, 3.05) is 22.6 Å². The Labute approximate surface area is 328 Å². The normalized spacial score (nSPS) is 20.9. The number of carbonyl (C=O) groups excluding carboxylic acids is 3. The maximum atomic E-state index is 13.1. The van der Waals surface area contributed by atoms with Crippen molar-refractivity contribution >= 4 is 57.9 Å². The number of anilines is 5. The second-order valence-corrected chi connectivity index (χ2v) is 15.8. The molecule has 2 saturated carbocycles. The summed E-state index contributed by atoms with van der Waals surface area (Å²) in [5.41, 5.74) is 7.11. The van der Waals surface area contributed by atoms with Gasteiger partial charge in [-0.15, -0.1) is 0 Å². The summed E-state index contributed by atoms with van der Waals surface area (Å²) in [6.07, 6.45) is 4.07. The number of aromatic amines is 3. The molecule has 3 aromatic heterocycles. The van der Waals surface area contributed by atoms with Crippen LogP contribution in [-0.4, -0.2) is 74.8 Å². The molecule has 7 N–H and O–H groups in total. The lowest BCUT2D eigenvalue weighted by Gasteiger charge is -2.19. The van der Waals surface area contributed by atoms with E-state index < -0.39 is 17.9 Å². The number of hydrogen-bond acceptors (Lipinski definition) is 11. The Kier molecular flexibility index (Phi) is 10.4. The molecule has 17 nitrogen and oxygen atoms in total. The lowest BCUT2D eigenvalue weighted by atomic mass is 10.0. The third-order valence-electron chi connectivity index (χ3n) is 11.0. The molecule has 2 fully saturated rings. The van der Waals surface area contributed by atoms with Gasteiger partial charge in [-0.1, -0.05) is 0 Å². The molecule has 1 unspecified atom stereocenters. The highest BCUT2D eigenvalue weighted by Crippen LogP contribution is 2.38. The van der Waals surface area contributed by atoms with E-state index in [-0.39, 0.29) is 42.0 Å². The SMILES string of the molecule is CC(C)NC(=O)O[C@@H]1CC[C@H](c2cc(Nc3cc4oc(=O)[nH]c4cc3CC(C)NC(=O)O[C@@H]3CC[C@H](c4cc(Nc5ccc6c(c5)CC(=O)N6C)n[nH]4)C3)n[nH]2)C1. The van der Waals surface area contributed by atoms with E-state index in [2.05, 4.69) is 46.6 Å². The van der Waals surface area contributed by atoms with Crippen molar-refractivity contribution in [3.8, 4) is 0 Å². The Morgan fingerprint density at radius 3 is 2.18 bits per heavy atom.